The minimum atomic E-state index is -0.697. The summed E-state index contributed by atoms with van der Waals surface area (Å²) in [6.45, 7) is 0. The molecule has 3 nitrogen and oxygen atoms in total. The topological polar surface area (TPSA) is 46.0 Å². The highest BCUT2D eigenvalue weighted by molar-refractivity contribution is 5.82. The van der Waals surface area contributed by atoms with Crippen LogP contribution in [0.1, 0.15) is 17.2 Å². The molecule has 0 saturated heterocycles. The first-order valence-electron chi connectivity index (χ1n) is 5.78. The molecule has 18 heavy (non-hydrogen) atoms. The summed E-state index contributed by atoms with van der Waals surface area (Å²) in [4.78, 5) is 8.38. The van der Waals surface area contributed by atoms with Gasteiger partial charge in [0.15, 0.2) is 0 Å². The zero-order valence-corrected chi connectivity index (χ0v) is 9.69. The van der Waals surface area contributed by atoms with Crippen LogP contribution in [0.2, 0.25) is 0 Å². The van der Waals surface area contributed by atoms with Crippen LogP contribution in [-0.4, -0.2) is 15.1 Å². The summed E-state index contributed by atoms with van der Waals surface area (Å²) >= 11 is 0. The average Bonchev–Trinajstić information content (AvgIpc) is 2.47. The second-order valence-electron chi connectivity index (χ2n) is 4.11. The molecule has 2 heterocycles. The number of aromatic nitrogens is 2. The summed E-state index contributed by atoms with van der Waals surface area (Å²) in [5.41, 5.74) is 2.41. The maximum absolute atomic E-state index is 10.4. The summed E-state index contributed by atoms with van der Waals surface area (Å²) in [5.74, 6) is 0. The van der Waals surface area contributed by atoms with Gasteiger partial charge in [-0.15, -0.1) is 0 Å². The van der Waals surface area contributed by atoms with Crippen molar-refractivity contribution in [1.29, 1.82) is 0 Å². The molecule has 1 aromatic carbocycles. The minimum absolute atomic E-state index is 0.697. The third-order valence-corrected chi connectivity index (χ3v) is 2.96. The molecule has 0 bridgehead atoms. The minimum Gasteiger partial charge on any atom is -0.384 e. The Hall–Kier alpha value is -2.26. The average molecular weight is 236 g/mol. The molecular weight excluding hydrogens is 224 g/mol. The number of fused-ring (bicyclic) bond motifs is 1. The highest BCUT2D eigenvalue weighted by Crippen LogP contribution is 2.26. The molecule has 1 unspecified atom stereocenters. The van der Waals surface area contributed by atoms with Crippen molar-refractivity contribution in [3.05, 3.63) is 72.2 Å². The van der Waals surface area contributed by atoms with E-state index < -0.39 is 6.10 Å². The first kappa shape index (κ1) is 10.9. The summed E-state index contributed by atoms with van der Waals surface area (Å²) in [5, 5.41) is 11.4. The Morgan fingerprint density at radius 3 is 2.61 bits per heavy atom. The van der Waals surface area contributed by atoms with Crippen molar-refractivity contribution in [2.75, 3.05) is 0 Å². The SMILES string of the molecule is OC(c1cccnc1)c1cccc2cccnc12. The molecule has 1 atom stereocenters. The molecule has 0 amide bonds. The van der Waals surface area contributed by atoms with Gasteiger partial charge in [-0.2, -0.15) is 0 Å². The van der Waals surface area contributed by atoms with Crippen LogP contribution in [0.5, 0.6) is 0 Å². The second-order valence-corrected chi connectivity index (χ2v) is 4.11. The number of nitrogens with zero attached hydrogens (tertiary/aromatic N) is 2. The van der Waals surface area contributed by atoms with E-state index in [4.69, 9.17) is 0 Å². The van der Waals surface area contributed by atoms with Gasteiger partial charge in [0, 0.05) is 35.1 Å². The molecule has 3 aromatic rings. The first-order valence-corrected chi connectivity index (χ1v) is 5.78. The Kier molecular flexibility index (Phi) is 2.74. The number of para-hydroxylation sites is 1. The lowest BCUT2D eigenvalue weighted by Crippen LogP contribution is -2.01. The van der Waals surface area contributed by atoms with Crippen molar-refractivity contribution in [3.63, 3.8) is 0 Å². The van der Waals surface area contributed by atoms with E-state index in [0.717, 1.165) is 22.0 Å². The maximum Gasteiger partial charge on any atom is 0.108 e. The van der Waals surface area contributed by atoms with Gasteiger partial charge < -0.3 is 5.11 Å². The van der Waals surface area contributed by atoms with Gasteiger partial charge in [0.05, 0.1) is 5.52 Å². The fourth-order valence-corrected chi connectivity index (χ4v) is 2.07. The van der Waals surface area contributed by atoms with Gasteiger partial charge in [-0.1, -0.05) is 30.3 Å². The van der Waals surface area contributed by atoms with Gasteiger partial charge >= 0.3 is 0 Å². The normalized spacial score (nSPS) is 12.5. The van der Waals surface area contributed by atoms with E-state index in [1.54, 1.807) is 18.6 Å². The number of pyridine rings is 2. The molecule has 0 fully saturated rings. The third-order valence-electron chi connectivity index (χ3n) is 2.96. The smallest absolute Gasteiger partial charge is 0.108 e. The van der Waals surface area contributed by atoms with Crippen LogP contribution in [0, 0.1) is 0 Å². The van der Waals surface area contributed by atoms with Gasteiger partial charge in [-0.05, 0) is 12.1 Å². The molecule has 1 N–H and O–H groups in total. The zero-order chi connectivity index (χ0) is 12.4. The largest absolute Gasteiger partial charge is 0.384 e. The van der Waals surface area contributed by atoms with E-state index in [1.807, 2.05) is 42.5 Å². The van der Waals surface area contributed by atoms with Gasteiger partial charge in [0.1, 0.15) is 6.10 Å². The fraction of sp³-hybridized carbons (Fsp3) is 0.0667. The van der Waals surface area contributed by atoms with E-state index in [1.165, 1.54) is 0 Å². The Morgan fingerprint density at radius 1 is 0.944 bits per heavy atom. The van der Waals surface area contributed by atoms with Crippen molar-refractivity contribution in [3.8, 4) is 0 Å². The van der Waals surface area contributed by atoms with Crippen molar-refractivity contribution in [1.82, 2.24) is 9.97 Å². The van der Waals surface area contributed by atoms with Crippen LogP contribution in [-0.2, 0) is 0 Å². The van der Waals surface area contributed by atoms with Crippen LogP contribution in [0.4, 0.5) is 0 Å². The standard InChI is InChI=1S/C15H12N2O/c18-15(12-6-2-8-16-10-12)13-7-1-4-11-5-3-9-17-14(11)13/h1-10,15,18H. The molecule has 3 rings (SSSR count). The number of hydrogen-bond donors (Lipinski definition) is 1. The van der Waals surface area contributed by atoms with Crippen LogP contribution >= 0.6 is 0 Å². The molecule has 3 heteroatoms. The quantitative estimate of drug-likeness (QED) is 0.744. The van der Waals surface area contributed by atoms with Gasteiger partial charge in [-0.3, -0.25) is 9.97 Å². The van der Waals surface area contributed by atoms with Crippen LogP contribution in [0.25, 0.3) is 10.9 Å². The lowest BCUT2D eigenvalue weighted by Gasteiger charge is -2.12. The van der Waals surface area contributed by atoms with Gasteiger partial charge in [0.25, 0.3) is 0 Å². The molecule has 0 radical (unpaired) electrons. The van der Waals surface area contributed by atoms with E-state index in [-0.39, 0.29) is 0 Å². The summed E-state index contributed by atoms with van der Waals surface area (Å²) in [6, 6.07) is 13.4. The monoisotopic (exact) mass is 236 g/mol. The number of rotatable bonds is 2. The highest BCUT2D eigenvalue weighted by Gasteiger charge is 2.13. The van der Waals surface area contributed by atoms with Crippen molar-refractivity contribution in [2.24, 2.45) is 0 Å². The van der Waals surface area contributed by atoms with Crippen molar-refractivity contribution < 1.29 is 5.11 Å². The van der Waals surface area contributed by atoms with Crippen LogP contribution in [0.15, 0.2) is 61.1 Å². The molecule has 0 aliphatic heterocycles. The van der Waals surface area contributed by atoms with E-state index >= 15 is 0 Å². The highest BCUT2D eigenvalue weighted by atomic mass is 16.3. The number of hydrogen-bond acceptors (Lipinski definition) is 3. The fourth-order valence-electron chi connectivity index (χ4n) is 2.07. The van der Waals surface area contributed by atoms with Gasteiger partial charge in [-0.25, -0.2) is 0 Å². The maximum atomic E-state index is 10.4. The molecule has 2 aromatic heterocycles. The predicted molar refractivity (Wildman–Crippen MR) is 70.0 cm³/mol. The summed E-state index contributed by atoms with van der Waals surface area (Å²) in [7, 11) is 0. The van der Waals surface area contributed by atoms with Gasteiger partial charge in [0.2, 0.25) is 0 Å². The van der Waals surface area contributed by atoms with E-state index in [9.17, 15) is 5.11 Å². The van der Waals surface area contributed by atoms with Crippen molar-refractivity contribution >= 4 is 10.9 Å². The van der Waals surface area contributed by atoms with Crippen LogP contribution in [0.3, 0.4) is 0 Å². The Bertz CT molecular complexity index is 662. The molecular formula is C15H12N2O. The van der Waals surface area contributed by atoms with Crippen molar-refractivity contribution in [2.45, 2.75) is 6.10 Å². The number of benzene rings is 1. The number of aliphatic hydroxyl groups is 1. The molecule has 88 valence electrons. The van der Waals surface area contributed by atoms with E-state index in [0.29, 0.717) is 0 Å². The lowest BCUT2D eigenvalue weighted by atomic mass is 10.0. The number of aliphatic hydroxyl groups excluding tert-OH is 1. The van der Waals surface area contributed by atoms with E-state index in [2.05, 4.69) is 9.97 Å². The summed E-state index contributed by atoms with van der Waals surface area (Å²) < 4.78 is 0. The molecule has 0 saturated carbocycles. The molecule has 0 aliphatic carbocycles. The van der Waals surface area contributed by atoms with Crippen LogP contribution < -0.4 is 0 Å². The molecule has 0 spiro atoms. The Labute approximate surface area is 105 Å². The second kappa shape index (κ2) is 4.55. The predicted octanol–water partition coefficient (Wildman–Crippen LogP) is 2.71. The Morgan fingerprint density at radius 2 is 1.78 bits per heavy atom. The zero-order valence-electron chi connectivity index (χ0n) is 9.69. The molecule has 0 aliphatic rings. The summed E-state index contributed by atoms with van der Waals surface area (Å²) in [6.07, 6.45) is 4.41. The third kappa shape index (κ3) is 1.85. The first-order chi connectivity index (χ1) is 8.86. The lowest BCUT2D eigenvalue weighted by molar-refractivity contribution is 0.221. The Balaban J connectivity index is 2.15.